The molecule has 6 heteroatoms. The van der Waals surface area contributed by atoms with E-state index in [4.69, 9.17) is 4.74 Å². The third-order valence-electron chi connectivity index (χ3n) is 6.72. The van der Waals surface area contributed by atoms with Crippen LogP contribution in [0.5, 0.6) is 0 Å². The third-order valence-corrected chi connectivity index (χ3v) is 6.72. The largest absolute Gasteiger partial charge is 0.383 e. The second kappa shape index (κ2) is 11.3. The highest BCUT2D eigenvalue weighted by Crippen LogP contribution is 2.23. The van der Waals surface area contributed by atoms with Gasteiger partial charge in [0.2, 0.25) is 0 Å². The minimum atomic E-state index is 0.719. The van der Waals surface area contributed by atoms with Gasteiger partial charge in [0.1, 0.15) is 5.82 Å². The molecule has 160 valence electrons. The van der Waals surface area contributed by atoms with E-state index in [-0.39, 0.29) is 0 Å². The van der Waals surface area contributed by atoms with Crippen LogP contribution < -0.4 is 0 Å². The van der Waals surface area contributed by atoms with Gasteiger partial charge in [0.15, 0.2) is 0 Å². The summed E-state index contributed by atoms with van der Waals surface area (Å²) in [7, 11) is 1.80. The molecule has 0 aliphatic carbocycles. The maximum Gasteiger partial charge on any atom is 0.122 e. The SMILES string of the molecule is CCN1CCCC1CN(Cc1nccn1CC)CC1CCN(CCOC)CC1. The van der Waals surface area contributed by atoms with E-state index in [0.29, 0.717) is 0 Å². The van der Waals surface area contributed by atoms with E-state index in [1.54, 1.807) is 7.11 Å². The summed E-state index contributed by atoms with van der Waals surface area (Å²) in [5.41, 5.74) is 0. The quantitative estimate of drug-likeness (QED) is 0.579. The summed E-state index contributed by atoms with van der Waals surface area (Å²) in [4.78, 5) is 12.6. The zero-order chi connectivity index (χ0) is 19.8. The summed E-state index contributed by atoms with van der Waals surface area (Å²) >= 11 is 0. The van der Waals surface area contributed by atoms with Gasteiger partial charge in [0.05, 0.1) is 13.2 Å². The van der Waals surface area contributed by atoms with Gasteiger partial charge in [-0.05, 0) is 64.7 Å². The van der Waals surface area contributed by atoms with Gasteiger partial charge in [0, 0.05) is 51.7 Å². The first kappa shape index (κ1) is 21.8. The number of likely N-dealkylation sites (tertiary alicyclic amines) is 2. The topological polar surface area (TPSA) is 36.8 Å². The van der Waals surface area contributed by atoms with Crippen LogP contribution in [0.1, 0.15) is 45.4 Å². The Morgan fingerprint density at radius 2 is 1.93 bits per heavy atom. The number of methoxy groups -OCH3 is 1. The Hall–Kier alpha value is -0.950. The highest BCUT2D eigenvalue weighted by Gasteiger charge is 2.28. The van der Waals surface area contributed by atoms with Crippen molar-refractivity contribution in [1.29, 1.82) is 0 Å². The molecule has 1 aromatic heterocycles. The number of hydrogen-bond donors (Lipinski definition) is 0. The molecule has 2 saturated heterocycles. The van der Waals surface area contributed by atoms with Crippen LogP contribution in [-0.4, -0.2) is 89.8 Å². The minimum absolute atomic E-state index is 0.719. The molecule has 0 aromatic carbocycles. The first-order valence-corrected chi connectivity index (χ1v) is 11.4. The highest BCUT2D eigenvalue weighted by atomic mass is 16.5. The molecule has 1 atom stereocenters. The van der Waals surface area contributed by atoms with Gasteiger partial charge in [-0.1, -0.05) is 6.92 Å². The van der Waals surface area contributed by atoms with Crippen LogP contribution in [0.2, 0.25) is 0 Å². The first-order chi connectivity index (χ1) is 13.7. The summed E-state index contributed by atoms with van der Waals surface area (Å²) in [6, 6.07) is 0.719. The lowest BCUT2D eigenvalue weighted by Gasteiger charge is -2.36. The van der Waals surface area contributed by atoms with Crippen LogP contribution in [0.15, 0.2) is 12.4 Å². The molecule has 6 nitrogen and oxygen atoms in total. The molecule has 0 N–H and O–H groups in total. The van der Waals surface area contributed by atoms with Crippen molar-refractivity contribution < 1.29 is 4.74 Å². The number of nitrogens with zero attached hydrogens (tertiary/aromatic N) is 5. The first-order valence-electron chi connectivity index (χ1n) is 11.4. The van der Waals surface area contributed by atoms with Crippen LogP contribution in [0, 0.1) is 5.92 Å². The lowest BCUT2D eigenvalue weighted by atomic mass is 9.96. The summed E-state index contributed by atoms with van der Waals surface area (Å²) in [6.45, 7) is 15.7. The van der Waals surface area contributed by atoms with Crippen LogP contribution in [0.3, 0.4) is 0 Å². The Balaban J connectivity index is 1.58. The minimum Gasteiger partial charge on any atom is -0.383 e. The fourth-order valence-corrected chi connectivity index (χ4v) is 4.98. The molecular weight excluding hydrogens is 350 g/mol. The maximum absolute atomic E-state index is 5.25. The van der Waals surface area contributed by atoms with E-state index in [1.807, 2.05) is 6.20 Å². The summed E-state index contributed by atoms with van der Waals surface area (Å²) < 4.78 is 7.55. The Morgan fingerprint density at radius 3 is 2.64 bits per heavy atom. The predicted molar refractivity (Wildman–Crippen MR) is 114 cm³/mol. The Labute approximate surface area is 171 Å². The number of piperidine rings is 1. The monoisotopic (exact) mass is 391 g/mol. The lowest BCUT2D eigenvalue weighted by Crippen LogP contribution is -2.44. The van der Waals surface area contributed by atoms with E-state index < -0.39 is 0 Å². The molecule has 28 heavy (non-hydrogen) atoms. The van der Waals surface area contributed by atoms with Crippen LogP contribution in [-0.2, 0) is 17.8 Å². The number of imidazole rings is 1. The second-order valence-electron chi connectivity index (χ2n) is 8.53. The molecular formula is C22H41N5O. The molecule has 2 aliphatic heterocycles. The van der Waals surface area contributed by atoms with E-state index in [0.717, 1.165) is 38.2 Å². The average molecular weight is 392 g/mol. The molecule has 0 radical (unpaired) electrons. The Morgan fingerprint density at radius 1 is 1.11 bits per heavy atom. The van der Waals surface area contributed by atoms with Crippen molar-refractivity contribution in [3.8, 4) is 0 Å². The molecule has 0 bridgehead atoms. The van der Waals surface area contributed by atoms with Gasteiger partial charge >= 0.3 is 0 Å². The third kappa shape index (κ3) is 6.02. The number of likely N-dealkylation sites (N-methyl/N-ethyl adjacent to an activating group) is 1. The van der Waals surface area contributed by atoms with Crippen molar-refractivity contribution in [3.05, 3.63) is 18.2 Å². The van der Waals surface area contributed by atoms with Crippen molar-refractivity contribution >= 4 is 0 Å². The average Bonchev–Trinajstić information content (AvgIpc) is 3.36. The molecule has 2 aliphatic rings. The zero-order valence-electron chi connectivity index (χ0n) is 18.4. The highest BCUT2D eigenvalue weighted by molar-refractivity contribution is 4.94. The van der Waals surface area contributed by atoms with Gasteiger partial charge in [-0.3, -0.25) is 9.80 Å². The van der Waals surface area contributed by atoms with Crippen LogP contribution in [0.25, 0.3) is 0 Å². The number of ether oxygens (including phenoxy) is 1. The summed E-state index contributed by atoms with van der Waals surface area (Å²) in [5, 5.41) is 0. The molecule has 0 saturated carbocycles. The van der Waals surface area contributed by atoms with Gasteiger partial charge < -0.3 is 14.2 Å². The summed E-state index contributed by atoms with van der Waals surface area (Å²) in [6.07, 6.45) is 9.40. The zero-order valence-corrected chi connectivity index (χ0v) is 18.4. The lowest BCUT2D eigenvalue weighted by molar-refractivity contribution is 0.0952. The van der Waals surface area contributed by atoms with E-state index >= 15 is 0 Å². The van der Waals surface area contributed by atoms with Gasteiger partial charge in [-0.15, -0.1) is 0 Å². The normalized spacial score (nSPS) is 22.5. The maximum atomic E-state index is 5.25. The Kier molecular flexibility index (Phi) is 8.77. The van der Waals surface area contributed by atoms with Crippen molar-refractivity contribution in [2.75, 3.05) is 59.5 Å². The molecule has 1 unspecified atom stereocenters. The van der Waals surface area contributed by atoms with E-state index in [1.165, 1.54) is 70.8 Å². The molecule has 3 rings (SSSR count). The molecule has 1 aromatic rings. The summed E-state index contributed by atoms with van der Waals surface area (Å²) in [5.74, 6) is 2.03. The fourth-order valence-electron chi connectivity index (χ4n) is 4.98. The standard InChI is InChI=1S/C22H41N5O/c1-4-26-11-6-7-21(26)18-25(19-22-23-10-14-27(22)5-2)17-20-8-12-24(13-9-20)15-16-28-3/h10,14,20-21H,4-9,11-13,15-19H2,1-3H3. The number of hydrogen-bond acceptors (Lipinski definition) is 5. The van der Waals surface area contributed by atoms with Crippen LogP contribution in [0.4, 0.5) is 0 Å². The molecule has 0 amide bonds. The van der Waals surface area contributed by atoms with Crippen molar-refractivity contribution in [1.82, 2.24) is 24.3 Å². The van der Waals surface area contributed by atoms with Gasteiger partial charge in [-0.2, -0.15) is 0 Å². The van der Waals surface area contributed by atoms with Gasteiger partial charge in [0.25, 0.3) is 0 Å². The molecule has 0 spiro atoms. The van der Waals surface area contributed by atoms with Crippen molar-refractivity contribution in [3.63, 3.8) is 0 Å². The van der Waals surface area contributed by atoms with E-state index in [2.05, 4.69) is 44.3 Å². The fraction of sp³-hybridized carbons (Fsp3) is 0.864. The predicted octanol–water partition coefficient (Wildman–Crippen LogP) is 2.55. The Bertz CT molecular complexity index is 555. The van der Waals surface area contributed by atoms with Gasteiger partial charge in [-0.25, -0.2) is 4.98 Å². The number of aryl methyl sites for hydroxylation is 1. The second-order valence-corrected chi connectivity index (χ2v) is 8.53. The van der Waals surface area contributed by atoms with Crippen molar-refractivity contribution in [2.45, 2.75) is 58.7 Å². The molecule has 2 fully saturated rings. The van der Waals surface area contributed by atoms with E-state index in [9.17, 15) is 0 Å². The van der Waals surface area contributed by atoms with Crippen LogP contribution >= 0.6 is 0 Å². The molecule has 3 heterocycles. The number of aromatic nitrogens is 2. The van der Waals surface area contributed by atoms with Crippen molar-refractivity contribution in [2.24, 2.45) is 5.92 Å². The number of rotatable bonds is 11. The smallest absolute Gasteiger partial charge is 0.122 e.